The lowest BCUT2D eigenvalue weighted by molar-refractivity contribution is -0.119. The zero-order valence-electron chi connectivity index (χ0n) is 18.2. The maximum atomic E-state index is 15.7. The number of nitrogens with one attached hydrogen (secondary N) is 1. The van der Waals surface area contributed by atoms with Crippen LogP contribution in [0.4, 0.5) is 4.39 Å². The van der Waals surface area contributed by atoms with Crippen LogP contribution < -0.4 is 4.72 Å². The number of sulfonamides is 1. The predicted octanol–water partition coefficient (Wildman–Crippen LogP) is -0.472. The van der Waals surface area contributed by atoms with Gasteiger partial charge in [0.15, 0.2) is 0 Å². The fraction of sp³-hybridized carbons (Fsp3) is 0.850. The maximum Gasteiger partial charge on any atom is 0.304 e. The molecule has 0 aromatic heterocycles. The minimum Gasteiger partial charge on any atom is -0.391 e. The smallest absolute Gasteiger partial charge is 0.304 e. The third-order valence-corrected chi connectivity index (χ3v) is 11.7. The van der Waals surface area contributed by atoms with E-state index in [0.29, 0.717) is 39.0 Å². The number of nitrogens with zero attached hydrogens (tertiary/aromatic N) is 2. The number of hydrogen-bond donors (Lipinski definition) is 2. The van der Waals surface area contributed by atoms with Gasteiger partial charge >= 0.3 is 10.2 Å². The number of hydrogen-bond acceptors (Lipinski definition) is 7. The van der Waals surface area contributed by atoms with Gasteiger partial charge in [-0.05, 0) is 49.9 Å². The van der Waals surface area contributed by atoms with Gasteiger partial charge in [0.05, 0.1) is 25.3 Å². The first-order chi connectivity index (χ1) is 15.6. The minimum atomic E-state index is -4.16. The van der Waals surface area contributed by atoms with Crippen molar-refractivity contribution in [2.45, 2.75) is 55.7 Å². The van der Waals surface area contributed by atoms with Crippen LogP contribution in [-0.2, 0) is 29.8 Å². The summed E-state index contributed by atoms with van der Waals surface area (Å²) in [4.78, 5) is 11.6. The zero-order valence-corrected chi connectivity index (χ0v) is 19.8. The summed E-state index contributed by atoms with van der Waals surface area (Å²) in [7, 11) is -7.61. The Kier molecular flexibility index (Phi) is 6.10. The first-order valence-corrected chi connectivity index (χ1v) is 14.4. The summed E-state index contributed by atoms with van der Waals surface area (Å²) in [6, 6.07) is -1.30. The number of ether oxygens (including phenoxy) is 1. The number of amides is 1. The standard InChI is InChI=1S/C20H30FN3O7S2/c21-19-16-7-12(14-3-5-23(9-14)32(27,28)15-4-6-31-11-15)1-2-13(16)8-17(25)20(19)24-10-18(26)22-33(24,29)30/h3,12-13,15-17,19-20,25H,1-2,4-11H2,(H,22,26). The molecule has 1 amide bonds. The lowest BCUT2D eigenvalue weighted by Gasteiger charge is -2.48. The molecular formula is C20H30FN3O7S2. The van der Waals surface area contributed by atoms with E-state index in [1.807, 2.05) is 10.8 Å². The number of aliphatic hydroxyl groups is 1. The summed E-state index contributed by atoms with van der Waals surface area (Å²) in [6.45, 7) is 0.768. The molecule has 0 spiro atoms. The van der Waals surface area contributed by atoms with Crippen molar-refractivity contribution in [3.8, 4) is 0 Å². The molecule has 0 aromatic rings. The summed E-state index contributed by atoms with van der Waals surface area (Å²) >= 11 is 0. The highest BCUT2D eigenvalue weighted by Gasteiger charge is 2.54. The van der Waals surface area contributed by atoms with Crippen LogP contribution >= 0.6 is 0 Å². The second kappa shape index (κ2) is 8.52. The minimum absolute atomic E-state index is 0.00960. The number of aliphatic hydroxyl groups excluding tert-OH is 1. The van der Waals surface area contributed by atoms with E-state index in [0.717, 1.165) is 16.3 Å². The highest BCUT2D eigenvalue weighted by molar-refractivity contribution is 7.89. The highest BCUT2D eigenvalue weighted by atomic mass is 32.2. The third kappa shape index (κ3) is 4.14. The van der Waals surface area contributed by atoms with E-state index in [9.17, 15) is 26.7 Å². The Balaban J connectivity index is 1.28. The van der Waals surface area contributed by atoms with Crippen molar-refractivity contribution in [1.82, 2.24) is 13.3 Å². The Labute approximate surface area is 193 Å². The van der Waals surface area contributed by atoms with Crippen molar-refractivity contribution in [2.75, 3.05) is 32.8 Å². The highest BCUT2D eigenvalue weighted by Crippen LogP contribution is 2.48. The molecule has 33 heavy (non-hydrogen) atoms. The van der Waals surface area contributed by atoms with Crippen molar-refractivity contribution in [2.24, 2.45) is 17.8 Å². The summed E-state index contributed by atoms with van der Waals surface area (Å²) in [5.41, 5.74) is 0.983. The van der Waals surface area contributed by atoms with E-state index in [1.165, 1.54) is 4.31 Å². The molecule has 4 fully saturated rings. The number of alkyl halides is 1. The number of rotatable bonds is 4. The van der Waals surface area contributed by atoms with Crippen LogP contribution in [0.15, 0.2) is 11.6 Å². The molecule has 2 N–H and O–H groups in total. The van der Waals surface area contributed by atoms with E-state index < -0.39 is 62.2 Å². The summed E-state index contributed by atoms with van der Waals surface area (Å²) in [6.07, 6.45) is 1.84. The van der Waals surface area contributed by atoms with Gasteiger partial charge in [0, 0.05) is 19.7 Å². The lowest BCUT2D eigenvalue weighted by atomic mass is 9.63. The Bertz CT molecular complexity index is 1040. The van der Waals surface area contributed by atoms with Gasteiger partial charge in [-0.15, -0.1) is 0 Å². The third-order valence-electron chi connectivity index (χ3n) is 8.01. The number of fused-ring (bicyclic) bond motifs is 1. The van der Waals surface area contributed by atoms with Crippen molar-refractivity contribution in [3.05, 3.63) is 11.6 Å². The topological polar surface area (TPSA) is 133 Å². The van der Waals surface area contributed by atoms with Crippen LogP contribution in [0.2, 0.25) is 0 Å². The largest absolute Gasteiger partial charge is 0.391 e. The average Bonchev–Trinajstić information content (AvgIpc) is 3.49. The van der Waals surface area contributed by atoms with Crippen molar-refractivity contribution < 1.29 is 35.9 Å². The fourth-order valence-corrected chi connectivity index (χ4v) is 9.31. The van der Waals surface area contributed by atoms with E-state index in [2.05, 4.69) is 0 Å². The SMILES string of the molecule is O=C1CN(C2C(O)CC3CCC(C4=CCN(S(=O)(=O)C5CCOC5)C4)CC3C2F)S(=O)(=O)N1. The van der Waals surface area contributed by atoms with Crippen molar-refractivity contribution in [3.63, 3.8) is 0 Å². The van der Waals surface area contributed by atoms with Crippen LogP contribution in [0.3, 0.4) is 0 Å². The second-order valence-corrected chi connectivity index (χ2v) is 13.7. The normalized spacial score (nSPS) is 42.2. The summed E-state index contributed by atoms with van der Waals surface area (Å²) < 4.78 is 75.4. The Morgan fingerprint density at radius 1 is 1.18 bits per heavy atom. The maximum absolute atomic E-state index is 15.7. The van der Waals surface area contributed by atoms with Crippen LogP contribution in [-0.4, -0.2) is 92.9 Å². The summed E-state index contributed by atoms with van der Waals surface area (Å²) in [5, 5.41) is 10.1. The Morgan fingerprint density at radius 3 is 2.64 bits per heavy atom. The molecule has 0 bridgehead atoms. The van der Waals surface area contributed by atoms with E-state index in [-0.39, 0.29) is 24.9 Å². The molecule has 10 nitrogen and oxygen atoms in total. The Hall–Kier alpha value is -1.12. The first-order valence-electron chi connectivity index (χ1n) is 11.5. The van der Waals surface area contributed by atoms with Crippen LogP contribution in [0.5, 0.6) is 0 Å². The number of carbonyl (C=O) groups is 1. The number of carbonyl (C=O) groups excluding carboxylic acids is 1. The van der Waals surface area contributed by atoms with Gasteiger partial charge in [0.2, 0.25) is 15.9 Å². The van der Waals surface area contributed by atoms with E-state index >= 15 is 4.39 Å². The van der Waals surface area contributed by atoms with E-state index in [4.69, 9.17) is 4.74 Å². The molecule has 7 atom stereocenters. The molecule has 3 heterocycles. The van der Waals surface area contributed by atoms with Crippen molar-refractivity contribution in [1.29, 1.82) is 0 Å². The molecule has 2 saturated heterocycles. The second-order valence-electron chi connectivity index (χ2n) is 9.85. The van der Waals surface area contributed by atoms with Gasteiger partial charge < -0.3 is 9.84 Å². The van der Waals surface area contributed by atoms with Crippen LogP contribution in [0.1, 0.15) is 32.1 Å². The molecule has 0 aromatic carbocycles. The van der Waals surface area contributed by atoms with Gasteiger partial charge in [0.1, 0.15) is 11.4 Å². The quantitative estimate of drug-likeness (QED) is 0.492. The molecular weight excluding hydrogens is 477 g/mol. The molecule has 186 valence electrons. The van der Waals surface area contributed by atoms with Gasteiger partial charge in [0.25, 0.3) is 0 Å². The molecule has 3 aliphatic heterocycles. The van der Waals surface area contributed by atoms with Crippen LogP contribution in [0, 0.1) is 17.8 Å². The van der Waals surface area contributed by atoms with Crippen LogP contribution in [0.25, 0.3) is 0 Å². The van der Waals surface area contributed by atoms with E-state index in [1.54, 1.807) is 0 Å². The van der Waals surface area contributed by atoms with Gasteiger partial charge in [-0.3, -0.25) is 4.79 Å². The monoisotopic (exact) mass is 507 g/mol. The number of halogens is 1. The molecule has 0 radical (unpaired) electrons. The van der Waals surface area contributed by atoms with Gasteiger partial charge in [-0.1, -0.05) is 11.6 Å². The average molecular weight is 508 g/mol. The lowest BCUT2D eigenvalue weighted by Crippen LogP contribution is -2.58. The molecule has 5 rings (SSSR count). The first kappa shape index (κ1) is 23.6. The predicted molar refractivity (Wildman–Crippen MR) is 115 cm³/mol. The fourth-order valence-electron chi connectivity index (χ4n) is 6.28. The Morgan fingerprint density at radius 2 is 1.97 bits per heavy atom. The van der Waals surface area contributed by atoms with Crippen molar-refractivity contribution >= 4 is 26.1 Å². The molecule has 2 saturated carbocycles. The molecule has 5 aliphatic rings. The van der Waals surface area contributed by atoms with Gasteiger partial charge in [-0.2, -0.15) is 17.0 Å². The molecule has 7 unspecified atom stereocenters. The zero-order chi connectivity index (χ0) is 23.5. The van der Waals surface area contributed by atoms with Gasteiger partial charge in [-0.25, -0.2) is 17.5 Å². The molecule has 13 heteroatoms. The molecule has 2 aliphatic carbocycles. The summed E-state index contributed by atoms with van der Waals surface area (Å²) in [5.74, 6) is -1.26.